The summed E-state index contributed by atoms with van der Waals surface area (Å²) >= 11 is 0. The zero-order valence-corrected chi connectivity index (χ0v) is 25.9. The number of anilines is 1. The minimum atomic E-state index is -1.41. The molecule has 2 aromatic carbocycles. The molecule has 0 aliphatic carbocycles. The third-order valence-electron chi connectivity index (χ3n) is 7.86. The number of aromatic nitrogens is 6. The molecule has 4 heterocycles. The molecule has 13 nitrogen and oxygen atoms in total. The first kappa shape index (κ1) is 32.1. The predicted octanol–water partition coefficient (Wildman–Crippen LogP) is 1.95. The van der Waals surface area contributed by atoms with E-state index in [1.807, 2.05) is 31.2 Å². The molecule has 0 spiro atoms. The lowest BCUT2D eigenvalue weighted by Gasteiger charge is -2.31. The van der Waals surface area contributed by atoms with E-state index in [4.69, 9.17) is 20.9 Å². The number of carboxylic acid groups (broad SMARTS) is 1. The van der Waals surface area contributed by atoms with Crippen LogP contribution in [0.1, 0.15) is 43.0 Å². The fraction of sp³-hybridized carbons (Fsp3) is 0.333. The van der Waals surface area contributed by atoms with Gasteiger partial charge in [0.25, 0.3) is 5.56 Å². The maximum Gasteiger partial charge on any atom is 0.337 e. The number of aliphatic carboxylic acids is 1. The van der Waals surface area contributed by atoms with E-state index in [0.717, 1.165) is 36.0 Å². The second-order valence-electron chi connectivity index (χ2n) is 11.1. The maximum absolute atomic E-state index is 13.7. The highest BCUT2D eigenvalue weighted by Crippen LogP contribution is 2.23. The first-order chi connectivity index (χ1) is 22.1. The molecule has 238 valence electrons. The number of imidazole rings is 1. The number of hydrogen-bond acceptors (Lipinski definition) is 9. The summed E-state index contributed by atoms with van der Waals surface area (Å²) in [6.07, 6.45) is 0.476. The Hall–Kier alpha value is -5.32. The number of piperidine rings is 1. The first-order valence-corrected chi connectivity index (χ1v) is 14.9. The van der Waals surface area contributed by atoms with Crippen LogP contribution >= 0.6 is 0 Å². The molecule has 1 fully saturated rings. The van der Waals surface area contributed by atoms with Crippen LogP contribution < -0.4 is 21.9 Å². The summed E-state index contributed by atoms with van der Waals surface area (Å²) in [6.45, 7) is 5.31. The van der Waals surface area contributed by atoms with E-state index >= 15 is 0 Å². The van der Waals surface area contributed by atoms with E-state index in [-0.39, 0.29) is 19.1 Å². The summed E-state index contributed by atoms with van der Waals surface area (Å²) in [6, 6.07) is 16.0. The Morgan fingerprint density at radius 3 is 2.48 bits per heavy atom. The number of nitrogens with zero attached hydrogens (tertiary/aromatic N) is 7. The van der Waals surface area contributed by atoms with Crippen LogP contribution in [0.25, 0.3) is 22.1 Å². The van der Waals surface area contributed by atoms with Crippen molar-refractivity contribution >= 4 is 34.0 Å². The van der Waals surface area contributed by atoms with Crippen molar-refractivity contribution < 1.29 is 15.0 Å². The number of para-hydroxylation sites is 1. The topological polar surface area (TPSA) is 174 Å². The largest absolute Gasteiger partial charge is 0.479 e. The van der Waals surface area contributed by atoms with E-state index in [1.54, 1.807) is 48.9 Å². The Kier molecular flexibility index (Phi) is 9.60. The fourth-order valence-corrected chi connectivity index (χ4v) is 5.53. The fourth-order valence-electron chi connectivity index (χ4n) is 5.53. The van der Waals surface area contributed by atoms with Crippen molar-refractivity contribution in [3.63, 3.8) is 0 Å². The van der Waals surface area contributed by atoms with Gasteiger partial charge in [-0.1, -0.05) is 54.5 Å². The number of hydrogen-bond donors (Lipinski definition) is 3. The van der Waals surface area contributed by atoms with Crippen LogP contribution in [0.15, 0.2) is 64.2 Å². The van der Waals surface area contributed by atoms with Gasteiger partial charge in [0.15, 0.2) is 17.3 Å². The number of carbonyl (C=O) groups is 1. The molecule has 1 unspecified atom stereocenters. The van der Waals surface area contributed by atoms with Crippen molar-refractivity contribution in [3.05, 3.63) is 92.5 Å². The van der Waals surface area contributed by atoms with Crippen LogP contribution in [-0.2, 0) is 24.9 Å². The molecule has 46 heavy (non-hydrogen) atoms. The number of rotatable bonds is 6. The van der Waals surface area contributed by atoms with Crippen LogP contribution in [0.2, 0.25) is 0 Å². The van der Waals surface area contributed by atoms with Gasteiger partial charge in [0, 0.05) is 37.3 Å². The molecule has 0 radical (unpaired) electrons. The Morgan fingerprint density at radius 1 is 1.07 bits per heavy atom. The van der Waals surface area contributed by atoms with E-state index < -0.39 is 23.3 Å². The molecule has 0 amide bonds. The number of fused-ring (bicyclic) bond motifs is 2. The highest BCUT2D eigenvalue weighted by atomic mass is 16.4. The summed E-state index contributed by atoms with van der Waals surface area (Å²) in [5.41, 5.74) is 7.94. The molecule has 1 saturated heterocycles. The highest BCUT2D eigenvalue weighted by Gasteiger charge is 2.26. The number of carboxylic acids is 1. The third-order valence-corrected chi connectivity index (χ3v) is 7.86. The average Bonchev–Trinajstić information content (AvgIpc) is 3.45. The van der Waals surface area contributed by atoms with E-state index in [9.17, 15) is 14.4 Å². The predicted molar refractivity (Wildman–Crippen MR) is 175 cm³/mol. The smallest absolute Gasteiger partial charge is 0.337 e. The summed E-state index contributed by atoms with van der Waals surface area (Å²) in [4.78, 5) is 53.2. The Morgan fingerprint density at radius 2 is 1.78 bits per heavy atom. The van der Waals surface area contributed by atoms with Crippen molar-refractivity contribution in [1.82, 2.24) is 28.7 Å². The van der Waals surface area contributed by atoms with Crippen LogP contribution in [0.3, 0.4) is 0 Å². The number of aliphatic hydroxyl groups is 1. The summed E-state index contributed by atoms with van der Waals surface area (Å²) in [7, 11) is 1.63. The molecular formula is C33H36N8O5. The molecule has 3 aromatic heterocycles. The van der Waals surface area contributed by atoms with Gasteiger partial charge < -0.3 is 20.8 Å². The molecule has 2 atom stereocenters. The zero-order valence-electron chi connectivity index (χ0n) is 25.9. The van der Waals surface area contributed by atoms with Gasteiger partial charge in [0.2, 0.25) is 5.95 Å². The number of nitrogens with two attached hydrogens (primary N) is 1. The number of aliphatic hydroxyl groups excluding tert-OH is 1. The van der Waals surface area contributed by atoms with Crippen molar-refractivity contribution in [2.24, 2.45) is 12.8 Å². The standard InChI is InChI=1S/C25H28N8O2.C8H8O3/c1-4-5-13-32-21-22(29-24(32)31-12-8-9-17(26)14-31)30(3)25(35)33(23(21)34)15-20-27-16(2)18-10-6-7-11-19(18)28-20;9-7(8(10)11)6-4-2-1-3-5-6/h6-7,10-11,17H,8-9,12-15,26H2,1-3H3;1-5,7,9H,(H,10,11)/t17-;/m1./s1. The molecule has 6 rings (SSSR count). The minimum absolute atomic E-state index is 0.0306. The Balaban J connectivity index is 0.000000322. The maximum atomic E-state index is 13.7. The minimum Gasteiger partial charge on any atom is -0.479 e. The molecule has 1 aliphatic rings. The number of aryl methyl sites for hydroxylation is 2. The van der Waals surface area contributed by atoms with E-state index in [1.165, 1.54) is 9.13 Å². The molecule has 5 aromatic rings. The Bertz CT molecular complexity index is 2070. The normalized spacial score (nSPS) is 15.2. The number of benzene rings is 2. The lowest BCUT2D eigenvalue weighted by Crippen LogP contribution is -2.44. The second-order valence-corrected chi connectivity index (χ2v) is 11.1. The molecular weight excluding hydrogens is 588 g/mol. The highest BCUT2D eigenvalue weighted by molar-refractivity contribution is 5.80. The van der Waals surface area contributed by atoms with Gasteiger partial charge in [-0.2, -0.15) is 4.98 Å². The van der Waals surface area contributed by atoms with Gasteiger partial charge in [-0.05, 0) is 38.3 Å². The first-order valence-electron chi connectivity index (χ1n) is 14.9. The van der Waals surface area contributed by atoms with Gasteiger partial charge in [-0.15, -0.1) is 5.92 Å². The van der Waals surface area contributed by atoms with Crippen molar-refractivity contribution in [1.29, 1.82) is 0 Å². The molecule has 0 saturated carbocycles. The van der Waals surface area contributed by atoms with Gasteiger partial charge in [-0.3, -0.25) is 18.5 Å². The van der Waals surface area contributed by atoms with Gasteiger partial charge in [-0.25, -0.2) is 19.6 Å². The lowest BCUT2D eigenvalue weighted by atomic mass is 10.1. The summed E-state index contributed by atoms with van der Waals surface area (Å²) < 4.78 is 4.39. The quantitative estimate of drug-likeness (QED) is 0.237. The monoisotopic (exact) mass is 624 g/mol. The lowest BCUT2D eigenvalue weighted by molar-refractivity contribution is -0.146. The molecule has 1 aliphatic heterocycles. The SMILES string of the molecule is CC#CCn1c(N2CCC[C@@H](N)C2)nc2c1c(=O)n(Cc1nc(C)c3ccccc3n1)c(=O)n2C.O=C(O)C(O)c1ccccc1. The third kappa shape index (κ3) is 6.53. The van der Waals surface area contributed by atoms with Crippen molar-refractivity contribution in [2.75, 3.05) is 18.0 Å². The van der Waals surface area contributed by atoms with Crippen molar-refractivity contribution in [3.8, 4) is 11.8 Å². The molecule has 13 heteroatoms. The Labute approximate surface area is 264 Å². The molecule has 4 N–H and O–H groups in total. The van der Waals surface area contributed by atoms with Crippen LogP contribution in [0.5, 0.6) is 0 Å². The summed E-state index contributed by atoms with van der Waals surface area (Å²) in [5.74, 6) is 5.73. The second kappa shape index (κ2) is 13.8. The van der Waals surface area contributed by atoms with Gasteiger partial charge >= 0.3 is 11.7 Å². The van der Waals surface area contributed by atoms with Crippen LogP contribution in [-0.4, -0.2) is 64.0 Å². The van der Waals surface area contributed by atoms with Gasteiger partial charge in [0.1, 0.15) is 5.82 Å². The van der Waals surface area contributed by atoms with Gasteiger partial charge in [0.05, 0.1) is 18.6 Å². The van der Waals surface area contributed by atoms with Crippen LogP contribution in [0.4, 0.5) is 5.95 Å². The zero-order chi connectivity index (χ0) is 33.0. The average molecular weight is 625 g/mol. The molecule has 0 bridgehead atoms. The van der Waals surface area contributed by atoms with E-state index in [2.05, 4.69) is 26.7 Å². The van der Waals surface area contributed by atoms with E-state index in [0.29, 0.717) is 35.0 Å². The van der Waals surface area contributed by atoms with Crippen LogP contribution in [0, 0.1) is 18.8 Å². The summed E-state index contributed by atoms with van der Waals surface area (Å²) in [5, 5.41) is 18.3. The van der Waals surface area contributed by atoms with Crippen molar-refractivity contribution in [2.45, 2.75) is 51.9 Å².